The maximum absolute atomic E-state index is 11.7. The summed E-state index contributed by atoms with van der Waals surface area (Å²) in [5.41, 5.74) is 1.13. The van der Waals surface area contributed by atoms with E-state index in [1.54, 1.807) is 6.92 Å². The number of hydrogen-bond donors (Lipinski definition) is 3. The van der Waals surface area contributed by atoms with E-state index in [1.807, 2.05) is 31.2 Å². The van der Waals surface area contributed by atoms with Crippen LogP contribution in [-0.2, 0) is 4.79 Å². The highest BCUT2D eigenvalue weighted by molar-refractivity contribution is 5.95. The standard InChI is InChI=1S/C17H21N3O2/c1-3-18-17(22)20-16(21)11-19-12(2)14-10-6-8-13-7-4-5-9-15(13)14/h4-10,12,19H,3,11H2,1-2H3,(H2,18,20,21,22)/t12-/m0/s1. The lowest BCUT2D eigenvalue weighted by Gasteiger charge is -2.16. The largest absolute Gasteiger partial charge is 0.338 e. The first-order valence-electron chi connectivity index (χ1n) is 7.40. The Bertz CT molecular complexity index is 665. The van der Waals surface area contributed by atoms with Gasteiger partial charge in [-0.1, -0.05) is 42.5 Å². The van der Waals surface area contributed by atoms with Crippen LogP contribution in [0.5, 0.6) is 0 Å². The van der Waals surface area contributed by atoms with Crippen molar-refractivity contribution in [3.8, 4) is 0 Å². The van der Waals surface area contributed by atoms with Crippen molar-refractivity contribution in [3.63, 3.8) is 0 Å². The Balaban J connectivity index is 1.98. The number of carbonyl (C=O) groups excluding carboxylic acids is 2. The van der Waals surface area contributed by atoms with Gasteiger partial charge in [0.2, 0.25) is 5.91 Å². The van der Waals surface area contributed by atoms with E-state index in [2.05, 4.69) is 34.1 Å². The molecule has 0 saturated heterocycles. The van der Waals surface area contributed by atoms with Gasteiger partial charge in [0.1, 0.15) is 0 Å². The van der Waals surface area contributed by atoms with E-state index in [0.29, 0.717) is 6.54 Å². The fourth-order valence-electron chi connectivity index (χ4n) is 2.36. The lowest BCUT2D eigenvalue weighted by molar-refractivity contribution is -0.119. The number of rotatable bonds is 5. The fraction of sp³-hybridized carbons (Fsp3) is 0.294. The van der Waals surface area contributed by atoms with Crippen LogP contribution in [0.1, 0.15) is 25.5 Å². The average Bonchev–Trinajstić information content (AvgIpc) is 2.52. The van der Waals surface area contributed by atoms with E-state index in [4.69, 9.17) is 0 Å². The Kier molecular flexibility index (Phi) is 5.49. The van der Waals surface area contributed by atoms with Gasteiger partial charge in [0.05, 0.1) is 6.54 Å². The molecular formula is C17H21N3O2. The van der Waals surface area contributed by atoms with Gasteiger partial charge >= 0.3 is 6.03 Å². The van der Waals surface area contributed by atoms with Crippen LogP contribution in [0.15, 0.2) is 42.5 Å². The third kappa shape index (κ3) is 4.05. The van der Waals surface area contributed by atoms with E-state index < -0.39 is 6.03 Å². The first-order valence-corrected chi connectivity index (χ1v) is 7.40. The van der Waals surface area contributed by atoms with Gasteiger partial charge in [0.15, 0.2) is 0 Å². The van der Waals surface area contributed by atoms with Crippen molar-refractivity contribution in [2.45, 2.75) is 19.9 Å². The quantitative estimate of drug-likeness (QED) is 0.793. The molecule has 22 heavy (non-hydrogen) atoms. The highest BCUT2D eigenvalue weighted by Gasteiger charge is 2.11. The normalized spacial score (nSPS) is 11.9. The number of amides is 3. The predicted molar refractivity (Wildman–Crippen MR) is 87.6 cm³/mol. The molecule has 0 unspecified atom stereocenters. The lowest BCUT2D eigenvalue weighted by Crippen LogP contribution is -2.43. The lowest BCUT2D eigenvalue weighted by atomic mass is 10.00. The van der Waals surface area contributed by atoms with Gasteiger partial charge in [-0.05, 0) is 30.2 Å². The third-order valence-electron chi connectivity index (χ3n) is 3.45. The summed E-state index contributed by atoms with van der Waals surface area (Å²) in [5.74, 6) is -0.349. The zero-order valence-electron chi connectivity index (χ0n) is 12.8. The van der Waals surface area contributed by atoms with Gasteiger partial charge in [0, 0.05) is 12.6 Å². The molecule has 2 aromatic carbocycles. The van der Waals surface area contributed by atoms with Crippen LogP contribution in [0.2, 0.25) is 0 Å². The van der Waals surface area contributed by atoms with Gasteiger partial charge in [-0.15, -0.1) is 0 Å². The van der Waals surface area contributed by atoms with E-state index in [0.717, 1.165) is 10.9 Å². The summed E-state index contributed by atoms with van der Waals surface area (Å²) in [6.07, 6.45) is 0. The van der Waals surface area contributed by atoms with Crippen molar-refractivity contribution in [2.24, 2.45) is 0 Å². The van der Waals surface area contributed by atoms with Crippen molar-refractivity contribution in [1.82, 2.24) is 16.0 Å². The van der Waals surface area contributed by atoms with Gasteiger partial charge < -0.3 is 10.6 Å². The van der Waals surface area contributed by atoms with Crippen molar-refractivity contribution in [2.75, 3.05) is 13.1 Å². The van der Waals surface area contributed by atoms with E-state index in [9.17, 15) is 9.59 Å². The number of urea groups is 1. The summed E-state index contributed by atoms with van der Waals surface area (Å²) in [5, 5.41) is 10.3. The van der Waals surface area contributed by atoms with Gasteiger partial charge in [-0.25, -0.2) is 4.79 Å². The van der Waals surface area contributed by atoms with Crippen LogP contribution < -0.4 is 16.0 Å². The van der Waals surface area contributed by atoms with Crippen LogP contribution in [0, 0.1) is 0 Å². The van der Waals surface area contributed by atoms with Gasteiger partial charge in [-0.2, -0.15) is 0 Å². The zero-order valence-corrected chi connectivity index (χ0v) is 12.8. The van der Waals surface area contributed by atoms with Crippen molar-refractivity contribution >= 4 is 22.7 Å². The molecule has 3 N–H and O–H groups in total. The molecule has 116 valence electrons. The molecule has 2 aromatic rings. The van der Waals surface area contributed by atoms with Crippen LogP contribution in [-0.4, -0.2) is 25.0 Å². The molecule has 0 aliphatic rings. The molecule has 5 nitrogen and oxygen atoms in total. The SMILES string of the molecule is CCNC(=O)NC(=O)CN[C@@H](C)c1cccc2ccccc12. The average molecular weight is 299 g/mol. The van der Waals surface area contributed by atoms with E-state index >= 15 is 0 Å². The molecule has 0 saturated carbocycles. The Labute approximate surface area is 130 Å². The molecule has 0 bridgehead atoms. The molecular weight excluding hydrogens is 278 g/mol. The molecule has 0 fully saturated rings. The Morgan fingerprint density at radius 1 is 1.09 bits per heavy atom. The summed E-state index contributed by atoms with van der Waals surface area (Å²) < 4.78 is 0. The summed E-state index contributed by atoms with van der Waals surface area (Å²) in [6.45, 7) is 4.37. The topological polar surface area (TPSA) is 70.2 Å². The molecule has 1 atom stereocenters. The second-order valence-corrected chi connectivity index (χ2v) is 5.08. The number of imide groups is 1. The molecule has 0 heterocycles. The van der Waals surface area contributed by atoms with Gasteiger partial charge in [-0.3, -0.25) is 10.1 Å². The monoisotopic (exact) mass is 299 g/mol. The summed E-state index contributed by atoms with van der Waals surface area (Å²) in [6, 6.07) is 13.8. The molecule has 2 rings (SSSR count). The smallest absolute Gasteiger partial charge is 0.321 e. The number of carbonyl (C=O) groups is 2. The second kappa shape index (κ2) is 7.56. The van der Waals surface area contributed by atoms with Crippen LogP contribution >= 0.6 is 0 Å². The van der Waals surface area contributed by atoms with E-state index in [-0.39, 0.29) is 18.5 Å². The van der Waals surface area contributed by atoms with Crippen LogP contribution in [0.4, 0.5) is 4.79 Å². The molecule has 0 spiro atoms. The highest BCUT2D eigenvalue weighted by Crippen LogP contribution is 2.23. The molecule has 0 aliphatic carbocycles. The second-order valence-electron chi connectivity index (χ2n) is 5.08. The first-order chi connectivity index (χ1) is 10.6. The Morgan fingerprint density at radius 3 is 2.59 bits per heavy atom. The first kappa shape index (κ1) is 16.0. The maximum Gasteiger partial charge on any atom is 0.321 e. The summed E-state index contributed by atoms with van der Waals surface area (Å²) in [4.78, 5) is 23.0. The maximum atomic E-state index is 11.7. The number of fused-ring (bicyclic) bond motifs is 1. The molecule has 0 aliphatic heterocycles. The predicted octanol–water partition coefficient (Wildman–Crippen LogP) is 2.34. The minimum Gasteiger partial charge on any atom is -0.338 e. The number of hydrogen-bond acceptors (Lipinski definition) is 3. The minimum atomic E-state index is -0.466. The molecule has 0 radical (unpaired) electrons. The molecule has 0 aromatic heterocycles. The van der Waals surface area contributed by atoms with Crippen LogP contribution in [0.3, 0.4) is 0 Å². The molecule has 5 heteroatoms. The summed E-state index contributed by atoms with van der Waals surface area (Å²) >= 11 is 0. The van der Waals surface area contributed by atoms with Crippen molar-refractivity contribution in [3.05, 3.63) is 48.0 Å². The van der Waals surface area contributed by atoms with Gasteiger partial charge in [0.25, 0.3) is 0 Å². The van der Waals surface area contributed by atoms with Crippen molar-refractivity contribution in [1.29, 1.82) is 0 Å². The molecule has 3 amide bonds. The third-order valence-corrected chi connectivity index (χ3v) is 3.45. The number of nitrogens with one attached hydrogen (secondary N) is 3. The zero-order chi connectivity index (χ0) is 15.9. The fourth-order valence-corrected chi connectivity index (χ4v) is 2.36. The van der Waals surface area contributed by atoms with Crippen LogP contribution in [0.25, 0.3) is 10.8 Å². The summed E-state index contributed by atoms with van der Waals surface area (Å²) in [7, 11) is 0. The van der Waals surface area contributed by atoms with E-state index in [1.165, 1.54) is 5.39 Å². The Hall–Kier alpha value is -2.40. The highest BCUT2D eigenvalue weighted by atomic mass is 16.2. The minimum absolute atomic E-state index is 0.00564. The Morgan fingerprint density at radius 2 is 1.82 bits per heavy atom. The number of benzene rings is 2. The van der Waals surface area contributed by atoms with Crippen molar-refractivity contribution < 1.29 is 9.59 Å².